The molecule has 18 heavy (non-hydrogen) atoms. The lowest BCUT2D eigenvalue weighted by atomic mass is 9.88. The Bertz CT molecular complexity index is 321. The first kappa shape index (κ1) is 16.6. The summed E-state index contributed by atoms with van der Waals surface area (Å²) >= 11 is 0. The molecule has 0 aliphatic heterocycles. The fourth-order valence-electron chi connectivity index (χ4n) is 1.57. The van der Waals surface area contributed by atoms with Crippen molar-refractivity contribution in [3.8, 4) is 0 Å². The van der Waals surface area contributed by atoms with E-state index in [0.717, 1.165) is 25.7 Å². The van der Waals surface area contributed by atoms with Crippen LogP contribution in [0.25, 0.3) is 0 Å². The zero-order chi connectivity index (χ0) is 14.0. The van der Waals surface area contributed by atoms with Gasteiger partial charge in [0, 0.05) is 0 Å². The summed E-state index contributed by atoms with van der Waals surface area (Å²) in [5, 5.41) is 3.11. The Hall–Kier alpha value is -1.35. The Labute approximate surface area is 111 Å². The van der Waals surface area contributed by atoms with Gasteiger partial charge < -0.3 is 14.8 Å². The second-order valence-corrected chi connectivity index (χ2v) is 4.36. The molecule has 1 N–H and O–H groups in total. The molecule has 3 nitrogen and oxygen atoms in total. The summed E-state index contributed by atoms with van der Waals surface area (Å²) in [4.78, 5) is 11.2. The van der Waals surface area contributed by atoms with Gasteiger partial charge in [-0.1, -0.05) is 19.1 Å². The Morgan fingerprint density at radius 2 is 2.17 bits per heavy atom. The first-order valence-electron chi connectivity index (χ1n) is 6.27. The van der Waals surface area contributed by atoms with Gasteiger partial charge in [-0.25, -0.2) is 0 Å². The first-order valence-corrected chi connectivity index (χ1v) is 6.27. The molecule has 1 unspecified atom stereocenters. The predicted molar refractivity (Wildman–Crippen MR) is 76.4 cm³/mol. The van der Waals surface area contributed by atoms with Crippen LogP contribution in [0.1, 0.15) is 26.7 Å². The van der Waals surface area contributed by atoms with Crippen molar-refractivity contribution in [3.05, 3.63) is 36.1 Å². The van der Waals surface area contributed by atoms with Gasteiger partial charge in [0.2, 0.25) is 0 Å². The van der Waals surface area contributed by atoms with E-state index in [4.69, 9.17) is 4.74 Å². The number of carbonyl (C=O) groups is 1. The molecule has 0 aromatic carbocycles. The van der Waals surface area contributed by atoms with Gasteiger partial charge in [-0.3, -0.25) is 0 Å². The van der Waals surface area contributed by atoms with Gasteiger partial charge in [0.25, 0.3) is 0 Å². The van der Waals surface area contributed by atoms with E-state index in [1.165, 1.54) is 5.57 Å². The molecule has 0 heterocycles. The van der Waals surface area contributed by atoms with Gasteiger partial charge in [-0.05, 0) is 45.0 Å². The number of rotatable bonds is 9. The molecule has 0 saturated heterocycles. The van der Waals surface area contributed by atoms with E-state index in [0.29, 0.717) is 5.76 Å². The lowest BCUT2D eigenvalue weighted by molar-refractivity contribution is -0.113. The lowest BCUT2D eigenvalue weighted by Crippen LogP contribution is -2.19. The zero-order valence-corrected chi connectivity index (χ0v) is 12.0. The van der Waals surface area contributed by atoms with Crippen LogP contribution in [-0.4, -0.2) is 27.0 Å². The molecule has 0 radical (unpaired) electrons. The quantitative estimate of drug-likeness (QED) is 0.296. The third-order valence-electron chi connectivity index (χ3n) is 2.87. The van der Waals surface area contributed by atoms with E-state index in [9.17, 15) is 4.79 Å². The molecule has 0 amide bonds. The van der Waals surface area contributed by atoms with Crippen LogP contribution in [0.5, 0.6) is 0 Å². The average Bonchev–Trinajstić information content (AvgIpc) is 2.40. The van der Waals surface area contributed by atoms with Crippen molar-refractivity contribution >= 4 is 6.29 Å². The fourth-order valence-corrected chi connectivity index (χ4v) is 1.57. The smallest absolute Gasteiger partial charge is 0.137 e. The SMILES string of the molecule is C=CC(C)(C=O)/C(=C\C(=CCC)CCNC)OC. The average molecular weight is 251 g/mol. The second-order valence-electron chi connectivity index (χ2n) is 4.36. The molecular formula is C15H25NO2. The maximum Gasteiger partial charge on any atom is 0.137 e. The number of hydrogen-bond donors (Lipinski definition) is 1. The molecule has 102 valence electrons. The van der Waals surface area contributed by atoms with E-state index >= 15 is 0 Å². The summed E-state index contributed by atoms with van der Waals surface area (Å²) in [6.07, 6.45) is 8.41. The van der Waals surface area contributed by atoms with Crippen molar-refractivity contribution in [3.63, 3.8) is 0 Å². The van der Waals surface area contributed by atoms with Crippen LogP contribution in [-0.2, 0) is 9.53 Å². The fraction of sp³-hybridized carbons (Fsp3) is 0.533. The van der Waals surface area contributed by atoms with Crippen LogP contribution in [0, 0.1) is 5.41 Å². The van der Waals surface area contributed by atoms with Crippen LogP contribution < -0.4 is 5.32 Å². The zero-order valence-electron chi connectivity index (χ0n) is 12.0. The molecule has 0 aromatic heterocycles. The van der Waals surface area contributed by atoms with Crippen molar-refractivity contribution < 1.29 is 9.53 Å². The molecule has 0 fully saturated rings. The van der Waals surface area contributed by atoms with Gasteiger partial charge in [0.05, 0.1) is 12.5 Å². The molecule has 0 aromatic rings. The first-order chi connectivity index (χ1) is 8.57. The molecule has 0 rings (SSSR count). The molecular weight excluding hydrogens is 226 g/mol. The summed E-state index contributed by atoms with van der Waals surface area (Å²) in [7, 11) is 3.50. The summed E-state index contributed by atoms with van der Waals surface area (Å²) < 4.78 is 5.35. The van der Waals surface area contributed by atoms with Gasteiger partial charge in [0.1, 0.15) is 12.0 Å². The minimum absolute atomic E-state index is 0.628. The van der Waals surface area contributed by atoms with Gasteiger partial charge >= 0.3 is 0 Å². The van der Waals surface area contributed by atoms with Crippen molar-refractivity contribution in [1.82, 2.24) is 5.32 Å². The highest BCUT2D eigenvalue weighted by molar-refractivity contribution is 5.67. The summed E-state index contributed by atoms with van der Waals surface area (Å²) in [6, 6.07) is 0. The predicted octanol–water partition coefficient (Wildman–Crippen LogP) is 2.85. The lowest BCUT2D eigenvalue weighted by Gasteiger charge is -2.21. The van der Waals surface area contributed by atoms with E-state index in [1.54, 1.807) is 20.1 Å². The number of nitrogens with one attached hydrogen (secondary N) is 1. The Morgan fingerprint density at radius 1 is 1.50 bits per heavy atom. The number of ether oxygens (including phenoxy) is 1. The van der Waals surface area contributed by atoms with Gasteiger partial charge in [-0.15, -0.1) is 6.58 Å². The van der Waals surface area contributed by atoms with Crippen molar-refractivity contribution in [2.45, 2.75) is 26.7 Å². The summed E-state index contributed by atoms with van der Waals surface area (Å²) in [5.74, 6) is 0.628. The third kappa shape index (κ3) is 4.88. The molecule has 0 aliphatic carbocycles. The Kier molecular flexibility index (Phi) is 8.05. The number of methoxy groups -OCH3 is 1. The van der Waals surface area contributed by atoms with Crippen LogP contribution in [0.2, 0.25) is 0 Å². The number of aldehydes is 1. The van der Waals surface area contributed by atoms with Crippen LogP contribution >= 0.6 is 0 Å². The number of carbonyl (C=O) groups excluding carboxylic acids is 1. The maximum atomic E-state index is 11.2. The number of allylic oxidation sites excluding steroid dienone is 3. The number of hydrogen-bond acceptors (Lipinski definition) is 3. The van der Waals surface area contributed by atoms with Crippen LogP contribution in [0.4, 0.5) is 0 Å². The monoisotopic (exact) mass is 251 g/mol. The Balaban J connectivity index is 5.21. The Morgan fingerprint density at radius 3 is 2.56 bits per heavy atom. The summed E-state index contributed by atoms with van der Waals surface area (Å²) in [6.45, 7) is 8.48. The van der Waals surface area contributed by atoms with E-state index in [-0.39, 0.29) is 0 Å². The molecule has 3 heteroatoms. The van der Waals surface area contributed by atoms with Gasteiger partial charge in [0.15, 0.2) is 0 Å². The molecule has 0 saturated carbocycles. The summed E-state index contributed by atoms with van der Waals surface area (Å²) in [5.41, 5.74) is 0.403. The van der Waals surface area contributed by atoms with E-state index < -0.39 is 5.41 Å². The standard InChI is InChI=1S/C15H25NO2/c1-6-8-13(9-10-16-4)11-14(18-5)15(3,7-2)12-17/h7-8,11-12,16H,2,6,9-10H2,1,3-5H3/b13-8?,14-11+. The highest BCUT2D eigenvalue weighted by Crippen LogP contribution is 2.27. The van der Waals surface area contributed by atoms with Crippen molar-refractivity contribution in [1.29, 1.82) is 0 Å². The second kappa shape index (κ2) is 8.70. The minimum Gasteiger partial charge on any atom is -0.500 e. The van der Waals surface area contributed by atoms with Crippen LogP contribution in [0.15, 0.2) is 36.1 Å². The van der Waals surface area contributed by atoms with Gasteiger partial charge in [-0.2, -0.15) is 0 Å². The van der Waals surface area contributed by atoms with Crippen LogP contribution in [0.3, 0.4) is 0 Å². The largest absolute Gasteiger partial charge is 0.500 e. The van der Waals surface area contributed by atoms with E-state index in [2.05, 4.69) is 24.9 Å². The minimum atomic E-state index is -0.763. The molecule has 0 spiro atoms. The normalized spacial score (nSPS) is 16.0. The molecule has 0 aliphatic rings. The van der Waals surface area contributed by atoms with Crippen molar-refractivity contribution in [2.24, 2.45) is 5.41 Å². The maximum absolute atomic E-state index is 11.2. The van der Waals surface area contributed by atoms with Crippen molar-refractivity contribution in [2.75, 3.05) is 20.7 Å². The topological polar surface area (TPSA) is 38.3 Å². The highest BCUT2D eigenvalue weighted by atomic mass is 16.5. The molecule has 0 bridgehead atoms. The van der Waals surface area contributed by atoms with E-state index in [1.807, 2.05) is 13.1 Å². The molecule has 1 atom stereocenters. The highest BCUT2D eigenvalue weighted by Gasteiger charge is 2.26. The third-order valence-corrected chi connectivity index (χ3v) is 2.87.